The van der Waals surface area contributed by atoms with Crippen molar-refractivity contribution in [3.05, 3.63) is 29.8 Å². The topological polar surface area (TPSA) is 155 Å². The van der Waals surface area contributed by atoms with Crippen LogP contribution in [0.15, 0.2) is 24.3 Å². The number of amides is 5. The number of alkyl halides is 1. The minimum atomic E-state index is -0.834. The van der Waals surface area contributed by atoms with Gasteiger partial charge in [0.05, 0.1) is 0 Å². The number of alkyl carbamates (subject to hydrolysis) is 1. The summed E-state index contributed by atoms with van der Waals surface area (Å²) in [4.78, 5) is 62.3. The average Bonchev–Trinajstić information content (AvgIpc) is 2.99. The molecule has 1 aromatic carbocycles. The lowest BCUT2D eigenvalue weighted by Gasteiger charge is -2.27. The smallest absolute Gasteiger partial charge is 0.407 e. The monoisotopic (exact) mass is 771 g/mol. The zero-order valence-electron chi connectivity index (χ0n) is 29.6. The van der Waals surface area contributed by atoms with E-state index in [1.165, 1.54) is 0 Å². The van der Waals surface area contributed by atoms with Crippen LogP contribution in [0.1, 0.15) is 106 Å². The summed E-state index contributed by atoms with van der Waals surface area (Å²) in [6, 6.07) is 5.22. The first-order chi connectivity index (χ1) is 22.0. The molecule has 266 valence electrons. The highest BCUT2D eigenvalue weighted by atomic mass is 127. The summed E-state index contributed by atoms with van der Waals surface area (Å²) in [6.45, 7) is 16.7. The van der Waals surface area contributed by atoms with E-state index in [1.54, 1.807) is 31.2 Å². The van der Waals surface area contributed by atoms with Crippen LogP contribution in [-0.4, -0.2) is 58.8 Å². The minimum absolute atomic E-state index is 0.0305. The molecule has 0 aromatic heterocycles. The summed E-state index contributed by atoms with van der Waals surface area (Å²) in [7, 11) is 0. The molecule has 0 aliphatic rings. The Kier molecular flexibility index (Phi) is 19.6. The predicted molar refractivity (Wildman–Crippen MR) is 195 cm³/mol. The highest BCUT2D eigenvalue weighted by molar-refractivity contribution is 14.1. The Morgan fingerprint density at radius 3 is 2.02 bits per heavy atom. The molecule has 0 bridgehead atoms. The standard InChI is InChI=1S/C35H58IN5O6/c1-23(2)12-10-9-11-13-30(43)41-31(24(3)4)33(45)39-25(5)32(44)40-28-16-14-27(15-17-28)22-47-34(46)38-21-20-37-29(42)18-19-35(7,8)26(6)36/h14-17,23-26,31H,9-13,18-22H2,1-8H3,(H,37,42)(H,38,46)(H,39,45)(H,40,44)(H,41,43)/t25-,26?,31-/m0/s1. The summed E-state index contributed by atoms with van der Waals surface area (Å²) in [5, 5.41) is 13.7. The Morgan fingerprint density at radius 1 is 0.787 bits per heavy atom. The van der Waals surface area contributed by atoms with Gasteiger partial charge in [0.15, 0.2) is 0 Å². The largest absolute Gasteiger partial charge is 0.445 e. The van der Waals surface area contributed by atoms with E-state index < -0.39 is 30.0 Å². The molecule has 5 amide bonds. The molecule has 0 radical (unpaired) electrons. The second-order valence-corrected chi connectivity index (χ2v) is 15.5. The van der Waals surface area contributed by atoms with Crippen LogP contribution in [0.25, 0.3) is 0 Å². The highest BCUT2D eigenvalue weighted by Crippen LogP contribution is 2.31. The van der Waals surface area contributed by atoms with E-state index in [0.717, 1.165) is 37.7 Å². The maximum Gasteiger partial charge on any atom is 0.407 e. The molecule has 47 heavy (non-hydrogen) atoms. The normalized spacial score (nSPS) is 13.3. The average molecular weight is 772 g/mol. The number of carbonyl (C=O) groups excluding carboxylic acids is 5. The van der Waals surface area contributed by atoms with Crippen molar-refractivity contribution in [3.63, 3.8) is 0 Å². The van der Waals surface area contributed by atoms with Gasteiger partial charge in [0, 0.05) is 35.5 Å². The van der Waals surface area contributed by atoms with E-state index in [1.807, 2.05) is 13.8 Å². The van der Waals surface area contributed by atoms with Gasteiger partial charge in [0.2, 0.25) is 23.6 Å². The van der Waals surface area contributed by atoms with Crippen molar-refractivity contribution in [2.75, 3.05) is 18.4 Å². The second kappa shape index (κ2) is 21.9. The van der Waals surface area contributed by atoms with Gasteiger partial charge in [-0.2, -0.15) is 0 Å². The van der Waals surface area contributed by atoms with Gasteiger partial charge in [0.1, 0.15) is 18.7 Å². The number of benzene rings is 1. The maximum atomic E-state index is 12.9. The van der Waals surface area contributed by atoms with Gasteiger partial charge in [-0.15, -0.1) is 0 Å². The lowest BCUT2D eigenvalue weighted by atomic mass is 9.85. The van der Waals surface area contributed by atoms with Gasteiger partial charge < -0.3 is 31.3 Å². The third-order valence-electron chi connectivity index (χ3n) is 8.08. The number of anilines is 1. The van der Waals surface area contributed by atoms with Crippen LogP contribution < -0.4 is 26.6 Å². The Hall–Kier alpha value is -2.90. The van der Waals surface area contributed by atoms with Crippen molar-refractivity contribution in [2.45, 2.75) is 123 Å². The van der Waals surface area contributed by atoms with Gasteiger partial charge >= 0.3 is 6.09 Å². The molecule has 5 N–H and O–H groups in total. The number of hydrogen-bond acceptors (Lipinski definition) is 6. The Labute approximate surface area is 295 Å². The Morgan fingerprint density at radius 2 is 1.43 bits per heavy atom. The fraction of sp³-hybridized carbons (Fsp3) is 0.686. The lowest BCUT2D eigenvalue weighted by Crippen LogP contribution is -2.53. The van der Waals surface area contributed by atoms with E-state index in [2.05, 4.69) is 83.8 Å². The third kappa shape index (κ3) is 18.3. The molecule has 0 spiro atoms. The molecular weight excluding hydrogens is 713 g/mol. The molecule has 1 aromatic rings. The summed E-state index contributed by atoms with van der Waals surface area (Å²) in [6.07, 6.45) is 4.97. The van der Waals surface area contributed by atoms with E-state index in [-0.39, 0.29) is 36.3 Å². The summed E-state index contributed by atoms with van der Waals surface area (Å²) < 4.78 is 5.69. The SMILES string of the molecule is CC(C)CCCCCC(=O)N[C@H](C(=O)N[C@@H](C)C(=O)Nc1ccc(COC(=O)NCCNC(=O)CCC(C)(C)C(C)I)cc1)C(C)C. The van der Waals surface area contributed by atoms with Gasteiger partial charge in [0.25, 0.3) is 0 Å². The molecule has 0 aliphatic carbocycles. The predicted octanol–water partition coefficient (Wildman–Crippen LogP) is 5.85. The van der Waals surface area contributed by atoms with Crippen molar-refractivity contribution in [1.82, 2.24) is 21.3 Å². The molecule has 0 fully saturated rings. The molecule has 3 atom stereocenters. The van der Waals surface area contributed by atoms with Crippen LogP contribution in [0.5, 0.6) is 0 Å². The van der Waals surface area contributed by atoms with E-state index in [0.29, 0.717) is 34.9 Å². The molecule has 0 saturated heterocycles. The van der Waals surface area contributed by atoms with Gasteiger partial charge in [-0.3, -0.25) is 19.2 Å². The first kappa shape index (κ1) is 42.1. The third-order valence-corrected chi connectivity index (χ3v) is 9.77. The fourth-order valence-electron chi connectivity index (χ4n) is 4.39. The van der Waals surface area contributed by atoms with Crippen LogP contribution >= 0.6 is 22.6 Å². The molecule has 1 unspecified atom stereocenters. The number of carbonyl (C=O) groups is 5. The van der Waals surface area contributed by atoms with Crippen LogP contribution in [0, 0.1) is 17.3 Å². The molecule has 12 heteroatoms. The molecule has 0 heterocycles. The number of halogens is 1. The molecule has 0 aliphatic heterocycles. The van der Waals surface area contributed by atoms with Gasteiger partial charge in [-0.25, -0.2) is 4.79 Å². The molecule has 1 rings (SSSR count). The summed E-state index contributed by atoms with van der Waals surface area (Å²) in [5.74, 6) is -0.527. The Balaban J connectivity index is 2.41. The second-order valence-electron chi connectivity index (χ2n) is 13.7. The van der Waals surface area contributed by atoms with E-state index >= 15 is 0 Å². The van der Waals surface area contributed by atoms with Crippen molar-refractivity contribution in [1.29, 1.82) is 0 Å². The maximum absolute atomic E-state index is 12.9. The van der Waals surface area contributed by atoms with Crippen LogP contribution in [0.2, 0.25) is 0 Å². The number of nitrogens with one attached hydrogen (secondary N) is 5. The number of rotatable bonds is 21. The van der Waals surface area contributed by atoms with E-state index in [4.69, 9.17) is 4.74 Å². The summed E-state index contributed by atoms with van der Waals surface area (Å²) in [5.41, 5.74) is 1.31. The zero-order valence-corrected chi connectivity index (χ0v) is 31.8. The highest BCUT2D eigenvalue weighted by Gasteiger charge is 2.27. The number of hydrogen-bond donors (Lipinski definition) is 5. The van der Waals surface area contributed by atoms with Crippen LogP contribution in [0.4, 0.5) is 10.5 Å². The molecular formula is C35H58IN5O6. The number of ether oxygens (including phenoxy) is 1. The molecule has 0 saturated carbocycles. The van der Waals surface area contributed by atoms with Crippen LogP contribution in [-0.2, 0) is 30.5 Å². The van der Waals surface area contributed by atoms with Crippen molar-refractivity contribution < 1.29 is 28.7 Å². The lowest BCUT2D eigenvalue weighted by molar-refractivity contribution is -0.131. The number of unbranched alkanes of at least 4 members (excludes halogenated alkanes) is 2. The molecule has 11 nitrogen and oxygen atoms in total. The van der Waals surface area contributed by atoms with Crippen molar-refractivity contribution in [3.8, 4) is 0 Å². The summed E-state index contributed by atoms with van der Waals surface area (Å²) >= 11 is 2.38. The first-order valence-corrected chi connectivity index (χ1v) is 18.1. The quantitative estimate of drug-likeness (QED) is 0.0601. The fourth-order valence-corrected chi connectivity index (χ4v) is 4.70. The van der Waals surface area contributed by atoms with E-state index in [9.17, 15) is 24.0 Å². The van der Waals surface area contributed by atoms with Gasteiger partial charge in [-0.05, 0) is 54.7 Å². The van der Waals surface area contributed by atoms with Crippen molar-refractivity contribution in [2.24, 2.45) is 17.3 Å². The van der Waals surface area contributed by atoms with Crippen LogP contribution in [0.3, 0.4) is 0 Å². The zero-order chi connectivity index (χ0) is 35.6. The minimum Gasteiger partial charge on any atom is -0.445 e. The van der Waals surface area contributed by atoms with Crippen molar-refractivity contribution >= 4 is 58.0 Å². The first-order valence-electron chi connectivity index (χ1n) is 16.8. The Bertz CT molecular complexity index is 1140. The van der Waals surface area contributed by atoms with Gasteiger partial charge in [-0.1, -0.05) is 102 Å².